The van der Waals surface area contributed by atoms with Gasteiger partial charge in [-0.25, -0.2) is 0 Å². The molecule has 5 heteroatoms. The molecule has 1 aliphatic carbocycles. The molecule has 1 aliphatic rings. The minimum Gasteiger partial charge on any atom is -0.330 e. The van der Waals surface area contributed by atoms with Gasteiger partial charge in [0, 0.05) is 13.0 Å². The minimum atomic E-state index is 0.526. The van der Waals surface area contributed by atoms with Crippen molar-refractivity contribution in [2.45, 2.75) is 31.6 Å². The fourth-order valence-corrected chi connectivity index (χ4v) is 3.20. The predicted molar refractivity (Wildman–Crippen MR) is 62.5 cm³/mol. The third-order valence-electron chi connectivity index (χ3n) is 3.39. The van der Waals surface area contributed by atoms with E-state index in [9.17, 15) is 0 Å². The summed E-state index contributed by atoms with van der Waals surface area (Å²) in [4.78, 5) is 0. The van der Waals surface area contributed by atoms with Crippen LogP contribution in [0.2, 0.25) is 0 Å². The third kappa shape index (κ3) is 2.08. The molecule has 2 unspecified atom stereocenters. The topological polar surface area (TPSA) is 56.7 Å². The number of hydrogen-bond donors (Lipinski definition) is 1. The fourth-order valence-electron chi connectivity index (χ4n) is 2.58. The Morgan fingerprint density at radius 2 is 2.20 bits per heavy atom. The van der Waals surface area contributed by atoms with Gasteiger partial charge in [-0.1, -0.05) is 18.1 Å². The Balaban J connectivity index is 2.27. The zero-order chi connectivity index (χ0) is 10.8. The van der Waals surface area contributed by atoms with Crippen molar-refractivity contribution < 1.29 is 0 Å². The Morgan fingerprint density at radius 3 is 2.80 bits per heavy atom. The van der Waals surface area contributed by atoms with Crippen LogP contribution in [0.15, 0.2) is 4.60 Å². The molecule has 0 aromatic carbocycles. The van der Waals surface area contributed by atoms with Crippen LogP contribution in [0.5, 0.6) is 0 Å². The van der Waals surface area contributed by atoms with Crippen LogP contribution in [0.25, 0.3) is 0 Å². The molecule has 84 valence electrons. The average molecular weight is 273 g/mol. The third-order valence-corrected chi connectivity index (χ3v) is 3.95. The summed E-state index contributed by atoms with van der Waals surface area (Å²) in [5.41, 5.74) is 7.05. The van der Waals surface area contributed by atoms with Gasteiger partial charge in [-0.15, -0.1) is 5.10 Å². The lowest BCUT2D eigenvalue weighted by Crippen LogP contribution is -2.26. The highest BCUT2D eigenvalue weighted by Crippen LogP contribution is 2.39. The fraction of sp³-hybridized carbons (Fsp3) is 0.800. The van der Waals surface area contributed by atoms with Crippen LogP contribution in [0.4, 0.5) is 0 Å². The summed E-state index contributed by atoms with van der Waals surface area (Å²) in [5, 5.41) is 8.09. The number of aromatic nitrogens is 3. The number of aryl methyl sites for hydroxylation is 1. The molecule has 1 saturated carbocycles. The van der Waals surface area contributed by atoms with Crippen molar-refractivity contribution >= 4 is 15.9 Å². The zero-order valence-electron chi connectivity index (χ0n) is 8.99. The first-order valence-electron chi connectivity index (χ1n) is 5.49. The van der Waals surface area contributed by atoms with E-state index in [2.05, 4.69) is 26.2 Å². The molecule has 0 bridgehead atoms. The number of rotatable bonds is 2. The van der Waals surface area contributed by atoms with Crippen LogP contribution >= 0.6 is 15.9 Å². The Morgan fingerprint density at radius 1 is 1.47 bits per heavy atom. The summed E-state index contributed by atoms with van der Waals surface area (Å²) in [6.07, 6.45) is 5.04. The van der Waals surface area contributed by atoms with Gasteiger partial charge in [-0.3, -0.25) is 4.68 Å². The second kappa shape index (κ2) is 4.61. The lowest BCUT2D eigenvalue weighted by Gasteiger charge is -2.30. The van der Waals surface area contributed by atoms with E-state index in [1.165, 1.54) is 31.4 Å². The van der Waals surface area contributed by atoms with Crippen LogP contribution in [-0.4, -0.2) is 21.5 Å². The van der Waals surface area contributed by atoms with E-state index in [4.69, 9.17) is 5.73 Å². The molecule has 0 aliphatic heterocycles. The van der Waals surface area contributed by atoms with Crippen LogP contribution in [-0.2, 0) is 7.05 Å². The summed E-state index contributed by atoms with van der Waals surface area (Å²) in [6, 6.07) is 0. The van der Waals surface area contributed by atoms with Crippen molar-refractivity contribution in [2.75, 3.05) is 6.54 Å². The zero-order valence-corrected chi connectivity index (χ0v) is 10.6. The van der Waals surface area contributed by atoms with Gasteiger partial charge >= 0.3 is 0 Å². The van der Waals surface area contributed by atoms with Gasteiger partial charge in [0.25, 0.3) is 0 Å². The quantitative estimate of drug-likeness (QED) is 0.894. The summed E-state index contributed by atoms with van der Waals surface area (Å²) < 4.78 is 2.76. The van der Waals surface area contributed by atoms with Gasteiger partial charge in [0.1, 0.15) is 0 Å². The van der Waals surface area contributed by atoms with E-state index < -0.39 is 0 Å². The van der Waals surface area contributed by atoms with Crippen LogP contribution in [0, 0.1) is 5.92 Å². The highest BCUT2D eigenvalue weighted by Gasteiger charge is 2.29. The second-order valence-electron chi connectivity index (χ2n) is 4.28. The maximum Gasteiger partial charge on any atom is 0.151 e. The van der Waals surface area contributed by atoms with Crippen LogP contribution in [0.1, 0.15) is 37.3 Å². The van der Waals surface area contributed by atoms with Gasteiger partial charge in [0.05, 0.1) is 5.69 Å². The summed E-state index contributed by atoms with van der Waals surface area (Å²) >= 11 is 3.47. The molecule has 2 atom stereocenters. The molecule has 15 heavy (non-hydrogen) atoms. The van der Waals surface area contributed by atoms with E-state index >= 15 is 0 Å². The highest BCUT2D eigenvalue weighted by molar-refractivity contribution is 9.10. The monoisotopic (exact) mass is 272 g/mol. The van der Waals surface area contributed by atoms with Crippen molar-refractivity contribution in [3.63, 3.8) is 0 Å². The molecular weight excluding hydrogens is 256 g/mol. The molecule has 0 saturated heterocycles. The first-order valence-corrected chi connectivity index (χ1v) is 6.28. The summed E-state index contributed by atoms with van der Waals surface area (Å²) in [7, 11) is 1.95. The van der Waals surface area contributed by atoms with E-state index in [1.54, 1.807) is 0 Å². The minimum absolute atomic E-state index is 0.526. The molecule has 0 amide bonds. The molecule has 1 aromatic heterocycles. The standard InChI is InChI=1S/C10H17BrN4/c1-15-9(10(11)13-14-15)8-5-3-2-4-7(8)6-12/h7-8H,2-6,12H2,1H3. The number of hydrogen-bond acceptors (Lipinski definition) is 3. The molecular formula is C10H17BrN4. The van der Waals surface area contributed by atoms with Crippen molar-refractivity contribution in [3.05, 3.63) is 10.3 Å². The second-order valence-corrected chi connectivity index (χ2v) is 5.03. The molecule has 2 N–H and O–H groups in total. The summed E-state index contributed by atoms with van der Waals surface area (Å²) in [6.45, 7) is 0.766. The Hall–Kier alpha value is -0.420. The Bertz CT molecular complexity index is 317. The van der Waals surface area contributed by atoms with Gasteiger partial charge < -0.3 is 5.73 Å². The predicted octanol–water partition coefficient (Wildman–Crippen LogP) is 1.81. The lowest BCUT2D eigenvalue weighted by molar-refractivity contribution is 0.302. The maximum absolute atomic E-state index is 5.83. The van der Waals surface area contributed by atoms with E-state index in [0.717, 1.165) is 11.1 Å². The van der Waals surface area contributed by atoms with E-state index in [0.29, 0.717) is 11.8 Å². The largest absolute Gasteiger partial charge is 0.330 e. The van der Waals surface area contributed by atoms with Crippen LogP contribution in [0.3, 0.4) is 0 Å². The van der Waals surface area contributed by atoms with E-state index in [-0.39, 0.29) is 0 Å². The van der Waals surface area contributed by atoms with Gasteiger partial charge in [-0.05, 0) is 41.2 Å². The SMILES string of the molecule is Cn1nnc(Br)c1C1CCCCC1CN. The van der Waals surface area contributed by atoms with Gasteiger partial charge in [0.15, 0.2) is 4.60 Å². The van der Waals surface area contributed by atoms with Crippen molar-refractivity contribution in [2.24, 2.45) is 18.7 Å². The summed E-state index contributed by atoms with van der Waals surface area (Å²) in [5.74, 6) is 1.12. The molecule has 0 spiro atoms. The Labute approximate surface area is 98.3 Å². The lowest BCUT2D eigenvalue weighted by atomic mass is 9.77. The van der Waals surface area contributed by atoms with Gasteiger partial charge in [0.2, 0.25) is 0 Å². The average Bonchev–Trinajstić information content (AvgIpc) is 2.59. The normalized spacial score (nSPS) is 26.9. The molecule has 1 heterocycles. The number of nitrogens with two attached hydrogens (primary N) is 1. The van der Waals surface area contributed by atoms with Crippen molar-refractivity contribution in [1.82, 2.24) is 15.0 Å². The number of halogens is 1. The molecule has 1 aromatic rings. The van der Waals surface area contributed by atoms with E-state index in [1.807, 2.05) is 11.7 Å². The maximum atomic E-state index is 5.83. The van der Waals surface area contributed by atoms with Crippen molar-refractivity contribution in [3.8, 4) is 0 Å². The first-order chi connectivity index (χ1) is 7.24. The smallest absolute Gasteiger partial charge is 0.151 e. The molecule has 1 fully saturated rings. The molecule has 4 nitrogen and oxygen atoms in total. The molecule has 2 rings (SSSR count). The number of nitrogens with zero attached hydrogens (tertiary/aromatic N) is 3. The molecule has 0 radical (unpaired) electrons. The van der Waals surface area contributed by atoms with Crippen molar-refractivity contribution in [1.29, 1.82) is 0 Å². The van der Waals surface area contributed by atoms with Gasteiger partial charge in [-0.2, -0.15) is 0 Å². The van der Waals surface area contributed by atoms with Crippen LogP contribution < -0.4 is 5.73 Å². The highest BCUT2D eigenvalue weighted by atomic mass is 79.9. The Kier molecular flexibility index (Phi) is 3.41. The first kappa shape index (κ1) is 11.1.